The number of carbonyl (C=O) groups is 2. The Morgan fingerprint density at radius 2 is 2.00 bits per heavy atom. The quantitative estimate of drug-likeness (QED) is 0.742. The van der Waals surface area contributed by atoms with E-state index in [0.29, 0.717) is 17.9 Å². The van der Waals surface area contributed by atoms with Crippen molar-refractivity contribution in [2.24, 2.45) is 5.92 Å². The third-order valence-corrected chi connectivity index (χ3v) is 4.96. The molecule has 1 fully saturated rings. The molecule has 0 saturated carbocycles. The lowest BCUT2D eigenvalue weighted by Gasteiger charge is -2.14. The molecule has 1 saturated heterocycles. The van der Waals surface area contributed by atoms with Crippen LogP contribution in [-0.2, 0) is 9.59 Å². The van der Waals surface area contributed by atoms with Crippen molar-refractivity contribution >= 4 is 23.2 Å². The molecule has 8 nitrogen and oxygen atoms in total. The van der Waals surface area contributed by atoms with Crippen LogP contribution >= 0.6 is 0 Å². The second kappa shape index (κ2) is 6.71. The van der Waals surface area contributed by atoms with E-state index in [1.54, 1.807) is 23.6 Å². The van der Waals surface area contributed by atoms with Gasteiger partial charge < -0.3 is 14.8 Å². The summed E-state index contributed by atoms with van der Waals surface area (Å²) < 4.78 is 2.00. The van der Waals surface area contributed by atoms with Crippen LogP contribution in [0.5, 0.6) is 0 Å². The number of aromatic nitrogens is 4. The normalized spacial score (nSPS) is 16.7. The lowest BCUT2D eigenvalue weighted by molar-refractivity contribution is -0.122. The number of aryl methyl sites for hydroxylation is 1. The zero-order valence-corrected chi connectivity index (χ0v) is 15.1. The lowest BCUT2D eigenvalue weighted by atomic mass is 10.1. The fraction of sp³-hybridized carbons (Fsp3) is 0.263. The van der Waals surface area contributed by atoms with Crippen LogP contribution in [0.1, 0.15) is 17.8 Å². The molecule has 0 aliphatic carbocycles. The predicted octanol–water partition coefficient (Wildman–Crippen LogP) is 2.20. The number of rotatable bonds is 4. The SMILES string of the molecule is Cc1ncn(-c2ccc(NC(=O)C3CC(=O)N(c4cn[nH]c4)C3)cc2)c1C. The molecule has 1 aromatic carbocycles. The number of aromatic amines is 1. The number of amides is 2. The first-order chi connectivity index (χ1) is 13.0. The third-order valence-electron chi connectivity index (χ3n) is 4.96. The van der Waals surface area contributed by atoms with Gasteiger partial charge in [-0.3, -0.25) is 14.7 Å². The van der Waals surface area contributed by atoms with Gasteiger partial charge in [-0.2, -0.15) is 5.10 Å². The van der Waals surface area contributed by atoms with Crippen molar-refractivity contribution in [2.45, 2.75) is 20.3 Å². The van der Waals surface area contributed by atoms with Crippen LogP contribution in [0.15, 0.2) is 43.0 Å². The maximum Gasteiger partial charge on any atom is 0.229 e. The molecule has 0 spiro atoms. The fourth-order valence-corrected chi connectivity index (χ4v) is 3.23. The monoisotopic (exact) mass is 364 g/mol. The fourth-order valence-electron chi connectivity index (χ4n) is 3.23. The van der Waals surface area contributed by atoms with Crippen LogP contribution < -0.4 is 10.2 Å². The van der Waals surface area contributed by atoms with Gasteiger partial charge in [0.2, 0.25) is 11.8 Å². The molecule has 1 unspecified atom stereocenters. The van der Waals surface area contributed by atoms with Gasteiger partial charge in [0.25, 0.3) is 0 Å². The summed E-state index contributed by atoms with van der Waals surface area (Å²) in [5.41, 5.74) is 4.43. The number of H-pyrrole nitrogens is 1. The van der Waals surface area contributed by atoms with E-state index in [4.69, 9.17) is 0 Å². The van der Waals surface area contributed by atoms with Crippen LogP contribution in [0.25, 0.3) is 5.69 Å². The van der Waals surface area contributed by atoms with E-state index in [9.17, 15) is 9.59 Å². The van der Waals surface area contributed by atoms with Crippen molar-refractivity contribution in [3.8, 4) is 5.69 Å². The topological polar surface area (TPSA) is 95.9 Å². The van der Waals surface area contributed by atoms with Gasteiger partial charge in [-0.25, -0.2) is 4.98 Å². The Hall–Kier alpha value is -3.42. The summed E-state index contributed by atoms with van der Waals surface area (Å²) in [6, 6.07) is 7.57. The van der Waals surface area contributed by atoms with Crippen molar-refractivity contribution in [3.05, 3.63) is 54.4 Å². The summed E-state index contributed by atoms with van der Waals surface area (Å²) in [5.74, 6) is -0.611. The van der Waals surface area contributed by atoms with Crippen LogP contribution in [-0.4, -0.2) is 38.1 Å². The standard InChI is InChI=1S/C19H20N6O2/c1-12-13(2)25(11-20-12)16-5-3-15(4-6-16)23-19(27)14-7-18(26)24(10-14)17-8-21-22-9-17/h3-6,8-9,11,14H,7,10H2,1-2H3,(H,21,22)(H,23,27). The highest BCUT2D eigenvalue weighted by Gasteiger charge is 2.35. The first-order valence-electron chi connectivity index (χ1n) is 8.74. The van der Waals surface area contributed by atoms with Crippen LogP contribution in [0.3, 0.4) is 0 Å². The molecule has 1 atom stereocenters. The molecule has 0 radical (unpaired) electrons. The van der Waals surface area contributed by atoms with E-state index in [1.807, 2.05) is 42.7 Å². The Balaban J connectivity index is 1.43. The second-order valence-corrected chi connectivity index (χ2v) is 6.68. The van der Waals surface area contributed by atoms with Gasteiger partial charge in [0.1, 0.15) is 0 Å². The molecule has 1 aliphatic rings. The highest BCUT2D eigenvalue weighted by Crippen LogP contribution is 2.25. The van der Waals surface area contributed by atoms with E-state index >= 15 is 0 Å². The molecular formula is C19H20N6O2. The van der Waals surface area contributed by atoms with Gasteiger partial charge in [-0.1, -0.05) is 0 Å². The average Bonchev–Trinajstić information content (AvgIpc) is 3.38. The van der Waals surface area contributed by atoms with E-state index in [0.717, 1.165) is 17.1 Å². The Bertz CT molecular complexity index is 974. The Labute approximate surface area is 156 Å². The number of hydrogen-bond donors (Lipinski definition) is 2. The van der Waals surface area contributed by atoms with Crippen LogP contribution in [0.2, 0.25) is 0 Å². The molecule has 8 heteroatoms. The van der Waals surface area contributed by atoms with Gasteiger partial charge in [-0.15, -0.1) is 0 Å². The van der Waals surface area contributed by atoms with E-state index in [-0.39, 0.29) is 24.2 Å². The Morgan fingerprint density at radius 3 is 2.63 bits per heavy atom. The van der Waals surface area contributed by atoms with Gasteiger partial charge >= 0.3 is 0 Å². The molecule has 3 heterocycles. The zero-order chi connectivity index (χ0) is 19.0. The lowest BCUT2D eigenvalue weighted by Crippen LogP contribution is -2.27. The summed E-state index contributed by atoms with van der Waals surface area (Å²) in [6.45, 7) is 4.34. The van der Waals surface area contributed by atoms with Gasteiger partial charge in [0.05, 0.1) is 29.8 Å². The molecule has 2 aromatic heterocycles. The minimum Gasteiger partial charge on any atom is -0.326 e. The first-order valence-corrected chi connectivity index (χ1v) is 8.74. The predicted molar refractivity (Wildman–Crippen MR) is 101 cm³/mol. The second-order valence-electron chi connectivity index (χ2n) is 6.68. The molecule has 2 N–H and O–H groups in total. The number of benzene rings is 1. The molecule has 2 amide bonds. The van der Waals surface area contributed by atoms with Crippen molar-refractivity contribution in [2.75, 3.05) is 16.8 Å². The number of carbonyl (C=O) groups excluding carboxylic acids is 2. The minimum absolute atomic E-state index is 0.0714. The number of imidazole rings is 1. The van der Waals surface area contributed by atoms with E-state index in [2.05, 4.69) is 20.5 Å². The summed E-state index contributed by atoms with van der Waals surface area (Å²) in [6.07, 6.45) is 5.21. The maximum absolute atomic E-state index is 12.6. The van der Waals surface area contributed by atoms with E-state index < -0.39 is 0 Å². The molecular weight excluding hydrogens is 344 g/mol. The molecule has 1 aliphatic heterocycles. The van der Waals surface area contributed by atoms with Crippen LogP contribution in [0, 0.1) is 19.8 Å². The van der Waals surface area contributed by atoms with Crippen molar-refractivity contribution in [1.82, 2.24) is 19.7 Å². The highest BCUT2D eigenvalue weighted by atomic mass is 16.2. The maximum atomic E-state index is 12.6. The summed E-state index contributed by atoms with van der Waals surface area (Å²) in [7, 11) is 0. The van der Waals surface area contributed by atoms with E-state index in [1.165, 1.54) is 0 Å². The third kappa shape index (κ3) is 3.21. The number of nitrogens with one attached hydrogen (secondary N) is 2. The van der Waals surface area contributed by atoms with Gasteiger partial charge in [0.15, 0.2) is 0 Å². The van der Waals surface area contributed by atoms with Gasteiger partial charge in [0, 0.05) is 36.2 Å². The average molecular weight is 364 g/mol. The highest BCUT2D eigenvalue weighted by molar-refractivity contribution is 6.03. The summed E-state index contributed by atoms with van der Waals surface area (Å²) in [4.78, 5) is 30.6. The van der Waals surface area contributed by atoms with Crippen LogP contribution in [0.4, 0.5) is 11.4 Å². The number of nitrogens with zero attached hydrogens (tertiary/aromatic N) is 4. The Kier molecular flexibility index (Phi) is 4.23. The molecule has 3 aromatic rings. The van der Waals surface area contributed by atoms with Crippen molar-refractivity contribution < 1.29 is 9.59 Å². The number of anilines is 2. The Morgan fingerprint density at radius 1 is 1.22 bits per heavy atom. The number of hydrogen-bond acceptors (Lipinski definition) is 4. The van der Waals surface area contributed by atoms with Crippen molar-refractivity contribution in [1.29, 1.82) is 0 Å². The first kappa shape index (κ1) is 17.0. The molecule has 27 heavy (non-hydrogen) atoms. The zero-order valence-electron chi connectivity index (χ0n) is 15.1. The molecule has 138 valence electrons. The largest absolute Gasteiger partial charge is 0.326 e. The molecule has 4 rings (SSSR count). The molecule has 0 bridgehead atoms. The van der Waals surface area contributed by atoms with Gasteiger partial charge in [-0.05, 0) is 38.1 Å². The van der Waals surface area contributed by atoms with Crippen molar-refractivity contribution in [3.63, 3.8) is 0 Å². The summed E-state index contributed by atoms with van der Waals surface area (Å²) >= 11 is 0. The summed E-state index contributed by atoms with van der Waals surface area (Å²) in [5, 5.41) is 9.44. The smallest absolute Gasteiger partial charge is 0.229 e. The minimum atomic E-state index is -0.384.